The van der Waals surface area contributed by atoms with Crippen LogP contribution < -0.4 is 0 Å². The van der Waals surface area contributed by atoms with Crippen molar-refractivity contribution in [3.8, 4) is 0 Å². The van der Waals surface area contributed by atoms with Crippen LogP contribution in [0.15, 0.2) is 66.7 Å². The van der Waals surface area contributed by atoms with E-state index in [1.54, 1.807) is 6.08 Å². The second-order valence-corrected chi connectivity index (χ2v) is 8.91. The van der Waals surface area contributed by atoms with Crippen molar-refractivity contribution < 1.29 is 9.59 Å². The molecule has 0 unspecified atom stereocenters. The van der Waals surface area contributed by atoms with Gasteiger partial charge in [-0.1, -0.05) is 60.7 Å². The highest BCUT2D eigenvalue weighted by Gasteiger charge is 2.32. The summed E-state index contributed by atoms with van der Waals surface area (Å²) in [5.41, 5.74) is 2.27. The molecule has 1 heterocycles. The quantitative estimate of drug-likeness (QED) is 0.598. The third-order valence-electron chi connectivity index (χ3n) is 6.24. The van der Waals surface area contributed by atoms with Crippen LogP contribution >= 0.6 is 0 Å². The molecule has 1 aliphatic heterocycles. The van der Waals surface area contributed by atoms with E-state index in [0.29, 0.717) is 12.5 Å². The minimum absolute atomic E-state index is 0.0592. The third kappa shape index (κ3) is 6.79. The van der Waals surface area contributed by atoms with Crippen LogP contribution in [0.1, 0.15) is 24.0 Å². The Labute approximate surface area is 192 Å². The summed E-state index contributed by atoms with van der Waals surface area (Å²) in [7, 11) is 5.77. The summed E-state index contributed by atoms with van der Waals surface area (Å²) in [6.45, 7) is 1.86. The lowest BCUT2D eigenvalue weighted by molar-refractivity contribution is -0.135. The first-order valence-electron chi connectivity index (χ1n) is 11.4. The predicted octanol–water partition coefficient (Wildman–Crippen LogP) is 3.57. The van der Waals surface area contributed by atoms with Gasteiger partial charge in [0, 0.05) is 32.3 Å². The van der Waals surface area contributed by atoms with Crippen LogP contribution in [0.3, 0.4) is 0 Å². The first-order valence-corrected chi connectivity index (χ1v) is 11.4. The molecule has 2 aromatic rings. The van der Waals surface area contributed by atoms with E-state index < -0.39 is 0 Å². The molecule has 3 rings (SSSR count). The molecule has 1 aliphatic rings. The molecule has 2 aromatic carbocycles. The van der Waals surface area contributed by atoms with E-state index in [4.69, 9.17) is 0 Å². The van der Waals surface area contributed by atoms with Gasteiger partial charge in [0.25, 0.3) is 0 Å². The zero-order chi connectivity index (χ0) is 22.9. The van der Waals surface area contributed by atoms with Gasteiger partial charge >= 0.3 is 0 Å². The molecule has 5 nitrogen and oxygen atoms in total. The maximum absolute atomic E-state index is 12.8. The standard InChI is InChI=1S/C27H35N3O2/c1-28(2)21-27(32)29(3)25(20-23-12-8-5-9-13-23)24-16-18-30(19-17-24)26(31)15-14-22-10-6-4-7-11-22/h4-15,24-25H,16-21H2,1-3H3/b15-14+/t25-/m0/s1. The molecule has 0 spiro atoms. The van der Waals surface area contributed by atoms with Gasteiger partial charge in [0.2, 0.25) is 11.8 Å². The van der Waals surface area contributed by atoms with Crippen molar-refractivity contribution in [2.45, 2.75) is 25.3 Å². The first-order chi connectivity index (χ1) is 15.4. The second-order valence-electron chi connectivity index (χ2n) is 8.91. The topological polar surface area (TPSA) is 43.9 Å². The van der Waals surface area contributed by atoms with Crippen molar-refractivity contribution in [3.05, 3.63) is 77.9 Å². The summed E-state index contributed by atoms with van der Waals surface area (Å²) in [5, 5.41) is 0. The number of likely N-dealkylation sites (N-methyl/N-ethyl adjacent to an activating group) is 2. The van der Waals surface area contributed by atoms with Crippen molar-refractivity contribution in [3.63, 3.8) is 0 Å². The van der Waals surface area contributed by atoms with Crippen LogP contribution in [0.25, 0.3) is 6.08 Å². The fourth-order valence-electron chi connectivity index (χ4n) is 4.38. The Bertz CT molecular complexity index is 888. The summed E-state index contributed by atoms with van der Waals surface area (Å²) >= 11 is 0. The SMILES string of the molecule is CN(C)CC(=O)N(C)[C@@H](Cc1ccccc1)C1CCN(C(=O)/C=C/c2ccccc2)CC1. The minimum Gasteiger partial charge on any atom is -0.341 e. The maximum atomic E-state index is 12.8. The van der Waals surface area contributed by atoms with E-state index in [9.17, 15) is 9.59 Å². The number of benzene rings is 2. The molecule has 170 valence electrons. The molecule has 1 atom stereocenters. The highest BCUT2D eigenvalue weighted by atomic mass is 16.2. The maximum Gasteiger partial charge on any atom is 0.246 e. The van der Waals surface area contributed by atoms with Crippen LogP contribution in [0.2, 0.25) is 0 Å². The van der Waals surface area contributed by atoms with Crippen LogP contribution in [-0.4, -0.2) is 73.3 Å². The number of hydrogen-bond acceptors (Lipinski definition) is 3. The van der Waals surface area contributed by atoms with Crippen molar-refractivity contribution in [2.75, 3.05) is 40.8 Å². The molecule has 0 aromatic heterocycles. The van der Waals surface area contributed by atoms with E-state index >= 15 is 0 Å². The van der Waals surface area contributed by atoms with Gasteiger partial charge in [0.15, 0.2) is 0 Å². The smallest absolute Gasteiger partial charge is 0.246 e. The molecular formula is C27H35N3O2. The normalized spacial score (nSPS) is 15.8. The van der Waals surface area contributed by atoms with Crippen LogP contribution in [0.4, 0.5) is 0 Å². The molecule has 1 saturated heterocycles. The van der Waals surface area contributed by atoms with Gasteiger partial charge in [-0.15, -0.1) is 0 Å². The Kier molecular flexibility index (Phi) is 8.63. The lowest BCUT2D eigenvalue weighted by Gasteiger charge is -2.40. The molecule has 0 saturated carbocycles. The van der Waals surface area contributed by atoms with E-state index in [1.807, 2.05) is 90.4 Å². The molecule has 0 aliphatic carbocycles. The van der Waals surface area contributed by atoms with Crippen LogP contribution in [0.5, 0.6) is 0 Å². The van der Waals surface area contributed by atoms with Gasteiger partial charge in [-0.05, 0) is 56.5 Å². The molecule has 0 N–H and O–H groups in total. The number of nitrogens with zero attached hydrogens (tertiary/aromatic N) is 3. The Morgan fingerprint density at radius 1 is 0.969 bits per heavy atom. The van der Waals surface area contributed by atoms with Crippen molar-refractivity contribution in [1.29, 1.82) is 0 Å². The number of amides is 2. The number of likely N-dealkylation sites (tertiary alicyclic amines) is 1. The number of rotatable bonds is 8. The van der Waals surface area contributed by atoms with Crippen molar-refractivity contribution in [1.82, 2.24) is 14.7 Å². The monoisotopic (exact) mass is 433 g/mol. The fourth-order valence-corrected chi connectivity index (χ4v) is 4.38. The van der Waals surface area contributed by atoms with Gasteiger partial charge < -0.3 is 14.7 Å². The molecule has 1 fully saturated rings. The summed E-state index contributed by atoms with van der Waals surface area (Å²) < 4.78 is 0. The van der Waals surface area contributed by atoms with Crippen LogP contribution in [-0.2, 0) is 16.0 Å². The highest BCUT2D eigenvalue weighted by Crippen LogP contribution is 2.27. The highest BCUT2D eigenvalue weighted by molar-refractivity contribution is 5.91. The Morgan fingerprint density at radius 3 is 2.16 bits per heavy atom. The Hall–Kier alpha value is -2.92. The zero-order valence-electron chi connectivity index (χ0n) is 19.5. The molecular weight excluding hydrogens is 398 g/mol. The van der Waals surface area contributed by atoms with Gasteiger partial charge in [-0.25, -0.2) is 0 Å². The third-order valence-corrected chi connectivity index (χ3v) is 6.24. The number of carbonyl (C=O) groups is 2. The summed E-state index contributed by atoms with van der Waals surface area (Å²) in [5.74, 6) is 0.567. The molecule has 0 radical (unpaired) electrons. The largest absolute Gasteiger partial charge is 0.341 e. The average Bonchev–Trinajstić information content (AvgIpc) is 2.81. The van der Waals surface area contributed by atoms with Gasteiger partial charge in [0.05, 0.1) is 6.54 Å². The fraction of sp³-hybridized carbons (Fsp3) is 0.407. The summed E-state index contributed by atoms with van der Waals surface area (Å²) in [4.78, 5) is 31.3. The summed E-state index contributed by atoms with van der Waals surface area (Å²) in [6.07, 6.45) is 6.19. The molecule has 5 heteroatoms. The predicted molar refractivity (Wildman–Crippen MR) is 130 cm³/mol. The van der Waals surface area contributed by atoms with Gasteiger partial charge in [0.1, 0.15) is 0 Å². The lowest BCUT2D eigenvalue weighted by Crippen LogP contribution is -2.50. The van der Waals surface area contributed by atoms with Crippen molar-refractivity contribution in [2.24, 2.45) is 5.92 Å². The number of piperidine rings is 1. The minimum atomic E-state index is 0.0592. The van der Waals surface area contributed by atoms with E-state index in [1.165, 1.54) is 5.56 Å². The van der Waals surface area contributed by atoms with E-state index in [-0.39, 0.29) is 17.9 Å². The van der Waals surface area contributed by atoms with Crippen molar-refractivity contribution >= 4 is 17.9 Å². The molecule has 0 bridgehead atoms. The van der Waals surface area contributed by atoms with E-state index in [0.717, 1.165) is 37.9 Å². The second kappa shape index (κ2) is 11.6. The first kappa shape index (κ1) is 23.7. The Morgan fingerprint density at radius 2 is 1.56 bits per heavy atom. The molecule has 2 amide bonds. The lowest BCUT2D eigenvalue weighted by atomic mass is 9.85. The molecule has 32 heavy (non-hydrogen) atoms. The van der Waals surface area contributed by atoms with Crippen LogP contribution in [0, 0.1) is 5.92 Å². The summed E-state index contributed by atoms with van der Waals surface area (Å²) in [6, 6.07) is 20.4. The Balaban J connectivity index is 1.64. The van der Waals surface area contributed by atoms with Gasteiger partial charge in [-0.3, -0.25) is 9.59 Å². The van der Waals surface area contributed by atoms with E-state index in [2.05, 4.69) is 12.1 Å². The van der Waals surface area contributed by atoms with Gasteiger partial charge in [-0.2, -0.15) is 0 Å². The zero-order valence-corrected chi connectivity index (χ0v) is 19.5. The number of hydrogen-bond donors (Lipinski definition) is 0. The number of carbonyl (C=O) groups excluding carboxylic acids is 2. The average molecular weight is 434 g/mol.